The molecule has 0 saturated carbocycles. The highest BCUT2D eigenvalue weighted by Gasteiger charge is 2.07. The topological polar surface area (TPSA) is 0 Å². The Morgan fingerprint density at radius 3 is 2.00 bits per heavy atom. The van der Waals surface area contributed by atoms with Gasteiger partial charge in [-0.1, -0.05) is 84.9 Å². The molecule has 0 spiro atoms. The Morgan fingerprint density at radius 2 is 1.08 bits per heavy atom. The van der Waals surface area contributed by atoms with E-state index in [9.17, 15) is 0 Å². The number of fused-ring (bicyclic) bond motifs is 4. The van der Waals surface area contributed by atoms with Crippen molar-refractivity contribution in [2.75, 3.05) is 0 Å². The fourth-order valence-corrected chi connectivity index (χ4v) is 3.65. The third-order valence-electron chi connectivity index (χ3n) is 4.83. The predicted octanol–water partition coefficient (Wildman–Crippen LogP) is 6.81. The maximum atomic E-state index is 2.36. The van der Waals surface area contributed by atoms with Gasteiger partial charge in [0.25, 0.3) is 0 Å². The van der Waals surface area contributed by atoms with Crippen molar-refractivity contribution >= 4 is 32.3 Å². The summed E-state index contributed by atoms with van der Waals surface area (Å²) in [5.74, 6) is 0. The van der Waals surface area contributed by atoms with Gasteiger partial charge in [0.05, 0.1) is 0 Å². The van der Waals surface area contributed by atoms with Crippen LogP contribution in [0.3, 0.4) is 0 Å². The molecule has 0 unspecified atom stereocenters. The first-order chi connectivity index (χ1) is 11.9. The molecule has 0 saturated heterocycles. The largest absolute Gasteiger partial charge is 0.0622 e. The van der Waals surface area contributed by atoms with Gasteiger partial charge in [-0.25, -0.2) is 0 Å². The molecule has 0 aromatic heterocycles. The monoisotopic (exact) mass is 304 g/mol. The van der Waals surface area contributed by atoms with Gasteiger partial charge in [-0.2, -0.15) is 0 Å². The molecule has 0 aliphatic rings. The number of hydrogen-bond donors (Lipinski definition) is 0. The third-order valence-corrected chi connectivity index (χ3v) is 4.83. The van der Waals surface area contributed by atoms with E-state index >= 15 is 0 Å². The first-order valence-electron chi connectivity index (χ1n) is 8.30. The van der Waals surface area contributed by atoms with Crippen LogP contribution in [0.25, 0.3) is 43.4 Å². The quantitative estimate of drug-likeness (QED) is 0.235. The fraction of sp³-hybridized carbons (Fsp3) is 0. The normalized spacial score (nSPS) is 11.3. The molecule has 0 aliphatic carbocycles. The lowest BCUT2D eigenvalue weighted by Gasteiger charge is -2.10. The summed E-state index contributed by atoms with van der Waals surface area (Å²) < 4.78 is 0. The molecule has 112 valence electrons. The molecule has 5 aromatic carbocycles. The van der Waals surface area contributed by atoms with Gasteiger partial charge < -0.3 is 0 Å². The van der Waals surface area contributed by atoms with E-state index in [1.165, 1.54) is 43.4 Å². The molecule has 24 heavy (non-hydrogen) atoms. The van der Waals surface area contributed by atoms with Crippen LogP contribution in [0.5, 0.6) is 0 Å². The second-order valence-electron chi connectivity index (χ2n) is 6.25. The fourth-order valence-electron chi connectivity index (χ4n) is 3.65. The standard InChI is InChI=1S/C24H16/c1-2-7-17(8-3-1)22-12-6-10-19-15-20-14-13-18-9-4-5-11-21(18)24(20)16-23(19)22/h1-16H. The molecule has 0 fully saturated rings. The Labute approximate surface area is 141 Å². The van der Waals surface area contributed by atoms with E-state index in [1.54, 1.807) is 0 Å². The zero-order valence-electron chi connectivity index (χ0n) is 13.2. The average molecular weight is 304 g/mol. The SMILES string of the molecule is c1ccc(-c2cccc3cc4ccc5ccccc5c4cc23)cc1. The Balaban J connectivity index is 1.93. The molecule has 0 radical (unpaired) electrons. The molecule has 0 aliphatic heterocycles. The molecular weight excluding hydrogens is 288 g/mol. The highest BCUT2D eigenvalue weighted by molar-refractivity contribution is 6.14. The van der Waals surface area contributed by atoms with Crippen LogP contribution in [-0.4, -0.2) is 0 Å². The lowest BCUT2D eigenvalue weighted by molar-refractivity contribution is 1.66. The van der Waals surface area contributed by atoms with E-state index in [1.807, 2.05) is 0 Å². The van der Waals surface area contributed by atoms with Crippen LogP contribution in [0.15, 0.2) is 97.1 Å². The van der Waals surface area contributed by atoms with Gasteiger partial charge in [-0.3, -0.25) is 0 Å². The number of hydrogen-bond acceptors (Lipinski definition) is 0. The Bertz CT molecular complexity index is 1180. The molecule has 5 aromatic rings. The van der Waals surface area contributed by atoms with Crippen molar-refractivity contribution < 1.29 is 0 Å². The second-order valence-corrected chi connectivity index (χ2v) is 6.25. The van der Waals surface area contributed by atoms with Gasteiger partial charge >= 0.3 is 0 Å². The average Bonchev–Trinajstić information content (AvgIpc) is 2.66. The maximum Gasteiger partial charge on any atom is -0.00988 e. The molecule has 0 amide bonds. The summed E-state index contributed by atoms with van der Waals surface area (Å²) in [7, 11) is 0. The minimum atomic E-state index is 1.27. The summed E-state index contributed by atoms with van der Waals surface area (Å²) in [6, 6.07) is 34.9. The van der Waals surface area contributed by atoms with E-state index in [2.05, 4.69) is 97.1 Å². The molecule has 5 rings (SSSR count). The van der Waals surface area contributed by atoms with Crippen LogP contribution >= 0.6 is 0 Å². The van der Waals surface area contributed by atoms with Crippen LogP contribution in [-0.2, 0) is 0 Å². The van der Waals surface area contributed by atoms with Gasteiger partial charge in [-0.15, -0.1) is 0 Å². The van der Waals surface area contributed by atoms with Gasteiger partial charge in [0, 0.05) is 0 Å². The summed E-state index contributed by atoms with van der Waals surface area (Å²) in [6.45, 7) is 0. The Kier molecular flexibility index (Phi) is 2.89. The minimum Gasteiger partial charge on any atom is -0.0622 e. The van der Waals surface area contributed by atoms with E-state index in [-0.39, 0.29) is 0 Å². The second kappa shape index (κ2) is 5.21. The van der Waals surface area contributed by atoms with Crippen LogP contribution in [0.2, 0.25) is 0 Å². The van der Waals surface area contributed by atoms with E-state index in [0.29, 0.717) is 0 Å². The Morgan fingerprint density at radius 1 is 0.375 bits per heavy atom. The molecule has 0 atom stereocenters. The molecule has 0 heterocycles. The van der Waals surface area contributed by atoms with Crippen molar-refractivity contribution in [1.29, 1.82) is 0 Å². The van der Waals surface area contributed by atoms with Crippen molar-refractivity contribution in [3.8, 4) is 11.1 Å². The zero-order chi connectivity index (χ0) is 15.9. The van der Waals surface area contributed by atoms with Crippen molar-refractivity contribution in [2.45, 2.75) is 0 Å². The summed E-state index contributed by atoms with van der Waals surface area (Å²) in [4.78, 5) is 0. The van der Waals surface area contributed by atoms with Crippen LogP contribution in [0.4, 0.5) is 0 Å². The van der Waals surface area contributed by atoms with Crippen molar-refractivity contribution in [2.24, 2.45) is 0 Å². The first-order valence-corrected chi connectivity index (χ1v) is 8.30. The molecule has 0 N–H and O–H groups in total. The molecule has 0 nitrogen and oxygen atoms in total. The Hall–Kier alpha value is -3.12. The number of rotatable bonds is 1. The summed E-state index contributed by atoms with van der Waals surface area (Å²) in [5, 5.41) is 7.84. The van der Waals surface area contributed by atoms with Crippen molar-refractivity contribution in [3.63, 3.8) is 0 Å². The highest BCUT2D eigenvalue weighted by atomic mass is 14.1. The van der Waals surface area contributed by atoms with Gasteiger partial charge in [0.1, 0.15) is 0 Å². The maximum absolute atomic E-state index is 2.36. The van der Waals surface area contributed by atoms with Gasteiger partial charge in [-0.05, 0) is 55.6 Å². The lowest BCUT2D eigenvalue weighted by atomic mass is 9.93. The molecule has 0 bridgehead atoms. The molecular formula is C24H16. The third kappa shape index (κ3) is 2.00. The smallest absolute Gasteiger partial charge is 0.00988 e. The van der Waals surface area contributed by atoms with E-state index in [4.69, 9.17) is 0 Å². The van der Waals surface area contributed by atoms with Crippen LogP contribution < -0.4 is 0 Å². The molecule has 0 heteroatoms. The lowest BCUT2D eigenvalue weighted by Crippen LogP contribution is -1.83. The van der Waals surface area contributed by atoms with Crippen molar-refractivity contribution in [3.05, 3.63) is 97.1 Å². The van der Waals surface area contributed by atoms with Crippen LogP contribution in [0.1, 0.15) is 0 Å². The van der Waals surface area contributed by atoms with Gasteiger partial charge in [0.2, 0.25) is 0 Å². The van der Waals surface area contributed by atoms with E-state index < -0.39 is 0 Å². The van der Waals surface area contributed by atoms with E-state index in [0.717, 1.165) is 0 Å². The predicted molar refractivity (Wildman–Crippen MR) is 104 cm³/mol. The first kappa shape index (κ1) is 13.3. The van der Waals surface area contributed by atoms with Gasteiger partial charge in [0.15, 0.2) is 0 Å². The highest BCUT2D eigenvalue weighted by Crippen LogP contribution is 2.34. The summed E-state index contributed by atoms with van der Waals surface area (Å²) >= 11 is 0. The summed E-state index contributed by atoms with van der Waals surface area (Å²) in [5.41, 5.74) is 2.56. The number of benzene rings is 5. The summed E-state index contributed by atoms with van der Waals surface area (Å²) in [6.07, 6.45) is 0. The van der Waals surface area contributed by atoms with Crippen molar-refractivity contribution in [1.82, 2.24) is 0 Å². The van der Waals surface area contributed by atoms with Crippen LogP contribution in [0, 0.1) is 0 Å². The minimum absolute atomic E-state index is 1.27. The zero-order valence-corrected chi connectivity index (χ0v) is 13.2.